The highest BCUT2D eigenvalue weighted by Gasteiger charge is 2.21. The molecule has 0 aliphatic rings. The van der Waals surface area contributed by atoms with Crippen LogP contribution >= 0.6 is 11.3 Å². The van der Waals surface area contributed by atoms with Gasteiger partial charge in [0.1, 0.15) is 0 Å². The molecule has 6 heteroatoms. The molecule has 2 rings (SSSR count). The minimum atomic E-state index is -0.489. The SMILES string of the molecule is CCn1c(=NC(=O)C(C)(C)C)sc2cc(OC)c(OC)cc21. The lowest BCUT2D eigenvalue weighted by Crippen LogP contribution is -2.23. The van der Waals surface area contributed by atoms with Gasteiger partial charge >= 0.3 is 0 Å². The van der Waals surface area contributed by atoms with Gasteiger partial charge in [0.2, 0.25) is 0 Å². The zero-order valence-corrected chi connectivity index (χ0v) is 14.7. The molecule has 1 aromatic carbocycles. The number of carbonyl (C=O) groups is 1. The van der Waals surface area contributed by atoms with E-state index >= 15 is 0 Å². The second-order valence-corrected chi connectivity index (χ2v) is 6.98. The number of thiazole rings is 1. The summed E-state index contributed by atoms with van der Waals surface area (Å²) in [5, 5.41) is 0. The zero-order valence-electron chi connectivity index (χ0n) is 13.9. The van der Waals surface area contributed by atoms with Gasteiger partial charge in [-0.15, -0.1) is 0 Å². The average Bonchev–Trinajstić information content (AvgIpc) is 2.80. The Morgan fingerprint density at radius 1 is 1.23 bits per heavy atom. The number of nitrogens with zero attached hydrogens (tertiary/aromatic N) is 2. The molecule has 0 N–H and O–H groups in total. The number of ether oxygens (including phenoxy) is 2. The Kier molecular flexibility index (Phi) is 4.60. The molecular weight excluding hydrogens is 300 g/mol. The summed E-state index contributed by atoms with van der Waals surface area (Å²) in [6.45, 7) is 8.37. The molecule has 0 bridgehead atoms. The Balaban J connectivity index is 2.72. The van der Waals surface area contributed by atoms with Crippen LogP contribution in [-0.2, 0) is 11.3 Å². The fourth-order valence-corrected chi connectivity index (χ4v) is 3.14. The van der Waals surface area contributed by atoms with E-state index in [1.54, 1.807) is 14.2 Å². The lowest BCUT2D eigenvalue weighted by Gasteiger charge is -2.11. The van der Waals surface area contributed by atoms with Gasteiger partial charge in [0.05, 0.1) is 24.4 Å². The van der Waals surface area contributed by atoms with Crippen LogP contribution in [0.4, 0.5) is 0 Å². The normalized spacial score (nSPS) is 12.7. The summed E-state index contributed by atoms with van der Waals surface area (Å²) in [4.78, 5) is 17.2. The van der Waals surface area contributed by atoms with Crippen LogP contribution in [0.1, 0.15) is 27.7 Å². The largest absolute Gasteiger partial charge is 0.493 e. The Bertz CT molecular complexity index is 766. The van der Waals surface area contributed by atoms with E-state index in [0.29, 0.717) is 16.3 Å². The molecule has 0 fully saturated rings. The first-order valence-corrected chi connectivity index (χ1v) is 7.98. The van der Waals surface area contributed by atoms with Crippen LogP contribution in [-0.4, -0.2) is 24.7 Å². The molecule has 2 aromatic rings. The molecule has 1 heterocycles. The van der Waals surface area contributed by atoms with Gasteiger partial charge in [0, 0.05) is 24.1 Å². The number of aromatic nitrogens is 1. The van der Waals surface area contributed by atoms with E-state index in [0.717, 1.165) is 16.8 Å². The maximum atomic E-state index is 12.2. The van der Waals surface area contributed by atoms with Gasteiger partial charge in [-0.1, -0.05) is 32.1 Å². The van der Waals surface area contributed by atoms with E-state index in [4.69, 9.17) is 9.47 Å². The third-order valence-corrected chi connectivity index (χ3v) is 4.38. The molecule has 22 heavy (non-hydrogen) atoms. The molecule has 5 nitrogen and oxygen atoms in total. The van der Waals surface area contributed by atoms with Crippen LogP contribution in [0.5, 0.6) is 11.5 Å². The van der Waals surface area contributed by atoms with E-state index in [1.165, 1.54) is 11.3 Å². The fourth-order valence-electron chi connectivity index (χ4n) is 2.04. The van der Waals surface area contributed by atoms with Crippen molar-refractivity contribution in [3.8, 4) is 11.5 Å². The Morgan fingerprint density at radius 2 is 1.82 bits per heavy atom. The molecule has 120 valence electrons. The predicted octanol–water partition coefficient (Wildman–Crippen LogP) is 3.21. The van der Waals surface area contributed by atoms with Crippen LogP contribution in [0.2, 0.25) is 0 Å². The molecule has 0 atom stereocenters. The fraction of sp³-hybridized carbons (Fsp3) is 0.500. The van der Waals surface area contributed by atoms with E-state index in [9.17, 15) is 4.79 Å². The second-order valence-electron chi connectivity index (χ2n) is 5.97. The Hall–Kier alpha value is -1.82. The summed E-state index contributed by atoms with van der Waals surface area (Å²) in [5.41, 5.74) is 0.502. The van der Waals surface area contributed by atoms with Crippen molar-refractivity contribution < 1.29 is 14.3 Å². The number of aryl methyl sites for hydroxylation is 1. The van der Waals surface area contributed by atoms with Crippen LogP contribution in [0.15, 0.2) is 17.1 Å². The van der Waals surface area contributed by atoms with Gasteiger partial charge in [-0.05, 0) is 6.92 Å². The molecule has 0 saturated heterocycles. The molecule has 1 amide bonds. The van der Waals surface area contributed by atoms with Gasteiger partial charge < -0.3 is 14.0 Å². The third-order valence-electron chi connectivity index (χ3n) is 3.34. The second kappa shape index (κ2) is 6.12. The van der Waals surface area contributed by atoms with Crippen molar-refractivity contribution in [1.29, 1.82) is 0 Å². The van der Waals surface area contributed by atoms with Gasteiger partial charge in [-0.3, -0.25) is 4.79 Å². The quantitative estimate of drug-likeness (QED) is 0.872. The number of carbonyl (C=O) groups excluding carboxylic acids is 1. The first-order valence-electron chi connectivity index (χ1n) is 7.16. The van der Waals surface area contributed by atoms with Gasteiger partial charge in [0.15, 0.2) is 16.3 Å². The third kappa shape index (κ3) is 3.02. The molecule has 0 aliphatic carbocycles. The number of hydrogen-bond donors (Lipinski definition) is 0. The molecule has 0 radical (unpaired) electrons. The zero-order chi connectivity index (χ0) is 16.5. The van der Waals surface area contributed by atoms with Crippen LogP contribution in [0, 0.1) is 5.41 Å². The number of methoxy groups -OCH3 is 2. The number of fused-ring (bicyclic) bond motifs is 1. The maximum Gasteiger partial charge on any atom is 0.253 e. The molecule has 1 aromatic heterocycles. The molecule has 0 aliphatic heterocycles. The highest BCUT2D eigenvalue weighted by Crippen LogP contribution is 2.33. The molecular formula is C16H22N2O3S. The number of rotatable bonds is 3. The van der Waals surface area contributed by atoms with Crippen molar-refractivity contribution in [2.24, 2.45) is 10.4 Å². The smallest absolute Gasteiger partial charge is 0.253 e. The average molecular weight is 322 g/mol. The van der Waals surface area contributed by atoms with Crippen molar-refractivity contribution in [3.05, 3.63) is 16.9 Å². The van der Waals surface area contributed by atoms with Crippen LogP contribution < -0.4 is 14.3 Å². The minimum Gasteiger partial charge on any atom is -0.493 e. The van der Waals surface area contributed by atoms with E-state index in [1.807, 2.05) is 44.4 Å². The van der Waals surface area contributed by atoms with Crippen LogP contribution in [0.25, 0.3) is 10.2 Å². The summed E-state index contributed by atoms with van der Waals surface area (Å²) >= 11 is 1.48. The molecule has 0 saturated carbocycles. The summed E-state index contributed by atoms with van der Waals surface area (Å²) in [5.74, 6) is 1.22. The van der Waals surface area contributed by atoms with Gasteiger partial charge in [0.25, 0.3) is 5.91 Å². The van der Waals surface area contributed by atoms with Crippen molar-refractivity contribution >= 4 is 27.5 Å². The standard InChI is InChI=1S/C16H22N2O3S/c1-7-18-10-8-11(20-5)12(21-6)9-13(10)22-15(18)17-14(19)16(2,3)4/h8-9H,7H2,1-6H3. The number of amides is 1. The van der Waals surface area contributed by atoms with Gasteiger partial charge in [-0.25, -0.2) is 0 Å². The van der Waals surface area contributed by atoms with Crippen molar-refractivity contribution in [2.45, 2.75) is 34.2 Å². The van der Waals surface area contributed by atoms with Crippen molar-refractivity contribution in [3.63, 3.8) is 0 Å². The summed E-state index contributed by atoms with van der Waals surface area (Å²) in [7, 11) is 3.22. The summed E-state index contributed by atoms with van der Waals surface area (Å²) in [6, 6.07) is 3.85. The maximum absolute atomic E-state index is 12.2. The Morgan fingerprint density at radius 3 is 2.32 bits per heavy atom. The molecule has 0 unspecified atom stereocenters. The lowest BCUT2D eigenvalue weighted by atomic mass is 9.96. The lowest BCUT2D eigenvalue weighted by molar-refractivity contribution is -0.125. The van der Waals surface area contributed by atoms with E-state index in [-0.39, 0.29) is 5.91 Å². The topological polar surface area (TPSA) is 52.8 Å². The number of hydrogen-bond acceptors (Lipinski definition) is 4. The Labute approximate surface area is 134 Å². The van der Waals surface area contributed by atoms with Crippen molar-refractivity contribution in [1.82, 2.24) is 4.57 Å². The summed E-state index contributed by atoms with van der Waals surface area (Å²) in [6.07, 6.45) is 0. The van der Waals surface area contributed by atoms with Crippen LogP contribution in [0.3, 0.4) is 0 Å². The van der Waals surface area contributed by atoms with Crippen molar-refractivity contribution in [2.75, 3.05) is 14.2 Å². The predicted molar refractivity (Wildman–Crippen MR) is 88.6 cm³/mol. The summed E-state index contributed by atoms with van der Waals surface area (Å²) < 4.78 is 13.7. The highest BCUT2D eigenvalue weighted by atomic mass is 32.1. The monoisotopic (exact) mass is 322 g/mol. The molecule has 0 spiro atoms. The van der Waals surface area contributed by atoms with E-state index < -0.39 is 5.41 Å². The number of benzene rings is 1. The van der Waals surface area contributed by atoms with Gasteiger partial charge in [-0.2, -0.15) is 4.99 Å². The highest BCUT2D eigenvalue weighted by molar-refractivity contribution is 7.16. The first kappa shape index (κ1) is 16.5. The minimum absolute atomic E-state index is 0.125. The van der Waals surface area contributed by atoms with E-state index in [2.05, 4.69) is 4.99 Å². The first-order chi connectivity index (χ1) is 10.3.